The van der Waals surface area contributed by atoms with Crippen molar-refractivity contribution in [1.82, 2.24) is 20.2 Å². The van der Waals surface area contributed by atoms with Crippen molar-refractivity contribution in [1.29, 1.82) is 0 Å². The average molecular weight is 327 g/mol. The number of tetrazole rings is 1. The van der Waals surface area contributed by atoms with Crippen LogP contribution in [0.1, 0.15) is 51.9 Å². The normalized spacial score (nSPS) is 20.7. The molecule has 24 heavy (non-hydrogen) atoms. The first-order valence-corrected chi connectivity index (χ1v) is 8.90. The second-order valence-electron chi connectivity index (χ2n) is 6.65. The average Bonchev–Trinajstić information content (AvgIpc) is 3.15. The molecule has 0 aliphatic heterocycles. The number of hydrogen-bond donors (Lipinski definition) is 1. The Bertz CT molecular complexity index is 630. The van der Waals surface area contributed by atoms with Crippen molar-refractivity contribution in [2.24, 2.45) is 11.8 Å². The molecule has 1 aliphatic rings. The summed E-state index contributed by atoms with van der Waals surface area (Å²) in [7, 11) is 0. The quantitative estimate of drug-likeness (QED) is 0.880. The summed E-state index contributed by atoms with van der Waals surface area (Å²) in [4.78, 5) is 12.5. The molecule has 1 aliphatic carbocycles. The number of carbonyl (C=O) groups is 1. The molecule has 1 aromatic carbocycles. The number of nitrogens with one attached hydrogen (secondary N) is 1. The Kier molecular flexibility index (Phi) is 5.56. The SMILES string of the molecule is CCCCC1CCC(C(=O)Nc2ccc(-n3cnnn3)cc2)CC1. The number of unbranched alkanes of at least 4 members (excludes halogenated alkanes) is 1. The number of anilines is 1. The number of aromatic nitrogens is 4. The molecular formula is C18H25N5O. The summed E-state index contributed by atoms with van der Waals surface area (Å²) in [6.45, 7) is 2.24. The highest BCUT2D eigenvalue weighted by Crippen LogP contribution is 2.32. The van der Waals surface area contributed by atoms with E-state index in [1.54, 1.807) is 11.0 Å². The van der Waals surface area contributed by atoms with Crippen molar-refractivity contribution >= 4 is 11.6 Å². The van der Waals surface area contributed by atoms with Gasteiger partial charge in [-0.3, -0.25) is 4.79 Å². The van der Waals surface area contributed by atoms with Gasteiger partial charge < -0.3 is 5.32 Å². The first kappa shape index (κ1) is 16.6. The number of nitrogens with zero attached hydrogens (tertiary/aromatic N) is 4. The van der Waals surface area contributed by atoms with Gasteiger partial charge in [-0.1, -0.05) is 26.2 Å². The van der Waals surface area contributed by atoms with Crippen LogP contribution in [0, 0.1) is 11.8 Å². The second-order valence-corrected chi connectivity index (χ2v) is 6.65. The van der Waals surface area contributed by atoms with E-state index in [1.165, 1.54) is 32.1 Å². The van der Waals surface area contributed by atoms with Crippen molar-refractivity contribution in [3.05, 3.63) is 30.6 Å². The molecule has 1 N–H and O–H groups in total. The van der Waals surface area contributed by atoms with Crippen LogP contribution < -0.4 is 5.32 Å². The van der Waals surface area contributed by atoms with Gasteiger partial charge in [0.1, 0.15) is 6.33 Å². The van der Waals surface area contributed by atoms with Crippen LogP contribution in [0.15, 0.2) is 30.6 Å². The van der Waals surface area contributed by atoms with Gasteiger partial charge in [0.15, 0.2) is 0 Å². The molecule has 1 amide bonds. The zero-order valence-corrected chi connectivity index (χ0v) is 14.2. The smallest absolute Gasteiger partial charge is 0.227 e. The van der Waals surface area contributed by atoms with E-state index in [-0.39, 0.29) is 11.8 Å². The van der Waals surface area contributed by atoms with Gasteiger partial charge >= 0.3 is 0 Å². The Labute approximate surface area is 142 Å². The van der Waals surface area contributed by atoms with Crippen molar-refractivity contribution < 1.29 is 4.79 Å². The first-order chi connectivity index (χ1) is 11.8. The maximum Gasteiger partial charge on any atom is 0.227 e. The molecule has 1 aromatic heterocycles. The lowest BCUT2D eigenvalue weighted by atomic mass is 9.79. The fourth-order valence-corrected chi connectivity index (χ4v) is 3.43. The zero-order chi connectivity index (χ0) is 16.8. The summed E-state index contributed by atoms with van der Waals surface area (Å²) in [5, 5.41) is 14.1. The van der Waals surface area contributed by atoms with Gasteiger partial charge in [0.05, 0.1) is 5.69 Å². The minimum atomic E-state index is 0.152. The highest BCUT2D eigenvalue weighted by molar-refractivity contribution is 5.92. The van der Waals surface area contributed by atoms with E-state index in [1.807, 2.05) is 24.3 Å². The zero-order valence-electron chi connectivity index (χ0n) is 14.2. The number of rotatable bonds is 6. The van der Waals surface area contributed by atoms with Crippen molar-refractivity contribution in [3.63, 3.8) is 0 Å². The fourth-order valence-electron chi connectivity index (χ4n) is 3.43. The molecule has 1 saturated carbocycles. The van der Waals surface area contributed by atoms with Gasteiger partial charge in [0.2, 0.25) is 5.91 Å². The summed E-state index contributed by atoms with van der Waals surface area (Å²) in [6.07, 6.45) is 9.86. The molecule has 1 heterocycles. The predicted molar refractivity (Wildman–Crippen MR) is 92.8 cm³/mol. The number of amides is 1. The highest BCUT2D eigenvalue weighted by Gasteiger charge is 2.25. The maximum absolute atomic E-state index is 12.5. The number of benzene rings is 1. The third kappa shape index (κ3) is 4.19. The number of carbonyl (C=O) groups excluding carboxylic acids is 1. The van der Waals surface area contributed by atoms with Crippen molar-refractivity contribution in [2.45, 2.75) is 51.9 Å². The van der Waals surface area contributed by atoms with E-state index >= 15 is 0 Å². The summed E-state index contributed by atoms with van der Waals surface area (Å²) in [6, 6.07) is 7.57. The van der Waals surface area contributed by atoms with Gasteiger partial charge in [0, 0.05) is 11.6 Å². The maximum atomic E-state index is 12.5. The molecule has 128 valence electrons. The number of hydrogen-bond acceptors (Lipinski definition) is 4. The van der Waals surface area contributed by atoms with E-state index in [2.05, 4.69) is 27.8 Å². The molecule has 2 aromatic rings. The topological polar surface area (TPSA) is 72.7 Å². The van der Waals surface area contributed by atoms with Gasteiger partial charge in [-0.05, 0) is 66.3 Å². The van der Waals surface area contributed by atoms with E-state index in [9.17, 15) is 4.79 Å². The Hall–Kier alpha value is -2.24. The minimum Gasteiger partial charge on any atom is -0.326 e. The Morgan fingerprint density at radius 2 is 1.96 bits per heavy atom. The molecule has 0 bridgehead atoms. The molecule has 3 rings (SSSR count). The first-order valence-electron chi connectivity index (χ1n) is 8.90. The van der Waals surface area contributed by atoms with Gasteiger partial charge in [-0.15, -0.1) is 5.10 Å². The lowest BCUT2D eigenvalue weighted by molar-refractivity contribution is -0.121. The van der Waals surface area contributed by atoms with Crippen LogP contribution in [0.5, 0.6) is 0 Å². The molecule has 0 unspecified atom stereocenters. The van der Waals surface area contributed by atoms with Gasteiger partial charge in [-0.25, -0.2) is 4.68 Å². The summed E-state index contributed by atoms with van der Waals surface area (Å²) < 4.78 is 1.59. The van der Waals surface area contributed by atoms with E-state index in [0.717, 1.165) is 30.1 Å². The Morgan fingerprint density at radius 1 is 1.21 bits per heavy atom. The largest absolute Gasteiger partial charge is 0.326 e. The van der Waals surface area contributed by atoms with Gasteiger partial charge in [0.25, 0.3) is 0 Å². The lowest BCUT2D eigenvalue weighted by Gasteiger charge is -2.27. The van der Waals surface area contributed by atoms with Crippen LogP contribution in [-0.2, 0) is 4.79 Å². The molecule has 0 radical (unpaired) electrons. The summed E-state index contributed by atoms with van der Waals surface area (Å²) >= 11 is 0. The van der Waals surface area contributed by atoms with Gasteiger partial charge in [-0.2, -0.15) is 0 Å². The molecule has 1 fully saturated rings. The third-order valence-electron chi connectivity index (χ3n) is 4.93. The molecule has 6 heteroatoms. The summed E-state index contributed by atoms with van der Waals surface area (Å²) in [5.74, 6) is 1.13. The van der Waals surface area contributed by atoms with Crippen LogP contribution in [-0.4, -0.2) is 26.1 Å². The monoisotopic (exact) mass is 327 g/mol. The molecular weight excluding hydrogens is 302 g/mol. The van der Waals surface area contributed by atoms with Crippen molar-refractivity contribution in [3.8, 4) is 5.69 Å². The van der Waals surface area contributed by atoms with Crippen LogP contribution >= 0.6 is 0 Å². The Morgan fingerprint density at radius 3 is 2.58 bits per heavy atom. The van der Waals surface area contributed by atoms with E-state index in [4.69, 9.17) is 0 Å². The van der Waals surface area contributed by atoms with Crippen molar-refractivity contribution in [2.75, 3.05) is 5.32 Å². The fraction of sp³-hybridized carbons (Fsp3) is 0.556. The van der Waals surface area contributed by atoms with Crippen LogP contribution in [0.2, 0.25) is 0 Å². The molecule has 0 spiro atoms. The van der Waals surface area contributed by atoms with Crippen LogP contribution in [0.4, 0.5) is 5.69 Å². The standard InChI is InChI=1S/C18H25N5O/c1-2-3-4-14-5-7-15(8-6-14)18(24)20-16-9-11-17(12-10-16)23-13-19-21-22-23/h9-15H,2-8H2,1H3,(H,20,24). The summed E-state index contributed by atoms with van der Waals surface area (Å²) in [5.41, 5.74) is 1.69. The molecule has 6 nitrogen and oxygen atoms in total. The van der Waals surface area contributed by atoms with E-state index < -0.39 is 0 Å². The molecule has 0 saturated heterocycles. The lowest BCUT2D eigenvalue weighted by Crippen LogP contribution is -2.27. The minimum absolute atomic E-state index is 0.152. The second kappa shape index (κ2) is 8.04. The third-order valence-corrected chi connectivity index (χ3v) is 4.93. The van der Waals surface area contributed by atoms with E-state index in [0.29, 0.717) is 0 Å². The Balaban J connectivity index is 1.50. The van der Waals surface area contributed by atoms with Crippen LogP contribution in [0.25, 0.3) is 5.69 Å². The molecule has 0 atom stereocenters. The highest BCUT2D eigenvalue weighted by atomic mass is 16.1. The van der Waals surface area contributed by atoms with Crippen LogP contribution in [0.3, 0.4) is 0 Å². The predicted octanol–water partition coefficient (Wildman–Crippen LogP) is 3.60.